The van der Waals surface area contributed by atoms with Crippen LogP contribution in [0.15, 0.2) is 35.2 Å². The third kappa shape index (κ3) is 5.22. The lowest BCUT2D eigenvalue weighted by Gasteiger charge is -2.34. The highest BCUT2D eigenvalue weighted by Crippen LogP contribution is 2.27. The molecule has 8 heteroatoms. The van der Waals surface area contributed by atoms with Gasteiger partial charge in [0, 0.05) is 19.6 Å². The SMILES string of the molecule is Cl.NC1(C(=O)NCC2CCN(S(=O)(=O)c3ccccc3)CC2)CCCCC1. The van der Waals surface area contributed by atoms with Crippen molar-refractivity contribution in [1.29, 1.82) is 0 Å². The third-order valence-corrected chi connectivity index (χ3v) is 7.62. The molecule has 2 aliphatic rings. The van der Waals surface area contributed by atoms with Gasteiger partial charge in [0.15, 0.2) is 0 Å². The summed E-state index contributed by atoms with van der Waals surface area (Å²) in [5, 5.41) is 3.02. The van der Waals surface area contributed by atoms with E-state index in [0.29, 0.717) is 30.4 Å². The Labute approximate surface area is 168 Å². The summed E-state index contributed by atoms with van der Waals surface area (Å²) >= 11 is 0. The third-order valence-electron chi connectivity index (χ3n) is 5.70. The van der Waals surface area contributed by atoms with Gasteiger partial charge in [-0.1, -0.05) is 37.5 Å². The standard InChI is InChI=1S/C19H29N3O3S.ClH/c20-19(11-5-2-6-12-19)18(23)21-15-16-9-13-22(14-10-16)26(24,25)17-7-3-1-4-8-17;/h1,3-4,7-8,16H,2,5-6,9-15,20H2,(H,21,23);1H. The first-order valence-corrected chi connectivity index (χ1v) is 11.0. The number of halogens is 1. The Bertz CT molecular complexity index is 713. The number of benzene rings is 1. The number of piperidine rings is 1. The summed E-state index contributed by atoms with van der Waals surface area (Å²) in [7, 11) is -3.42. The van der Waals surface area contributed by atoms with E-state index in [2.05, 4.69) is 5.32 Å². The zero-order chi connectivity index (χ0) is 18.6. The van der Waals surface area contributed by atoms with E-state index in [4.69, 9.17) is 5.73 Å². The average Bonchev–Trinajstić information content (AvgIpc) is 2.67. The van der Waals surface area contributed by atoms with Crippen molar-refractivity contribution in [1.82, 2.24) is 9.62 Å². The summed E-state index contributed by atoms with van der Waals surface area (Å²) < 4.78 is 26.8. The largest absolute Gasteiger partial charge is 0.354 e. The number of nitrogens with two attached hydrogens (primary N) is 1. The van der Waals surface area contributed by atoms with E-state index in [-0.39, 0.29) is 18.3 Å². The fourth-order valence-electron chi connectivity index (χ4n) is 3.92. The molecule has 1 saturated carbocycles. The molecule has 3 rings (SSSR count). The monoisotopic (exact) mass is 415 g/mol. The van der Waals surface area contributed by atoms with E-state index in [0.717, 1.165) is 44.9 Å². The highest BCUT2D eigenvalue weighted by molar-refractivity contribution is 7.89. The number of amides is 1. The Hall–Kier alpha value is -1.15. The number of hydrogen-bond donors (Lipinski definition) is 2. The summed E-state index contributed by atoms with van der Waals surface area (Å²) in [6, 6.07) is 8.55. The van der Waals surface area contributed by atoms with Crippen molar-refractivity contribution < 1.29 is 13.2 Å². The van der Waals surface area contributed by atoms with Crippen LogP contribution in [0.3, 0.4) is 0 Å². The first-order valence-electron chi connectivity index (χ1n) is 9.54. The molecule has 6 nitrogen and oxygen atoms in total. The molecule has 27 heavy (non-hydrogen) atoms. The minimum absolute atomic E-state index is 0. The smallest absolute Gasteiger partial charge is 0.243 e. The molecule has 1 saturated heterocycles. The van der Waals surface area contributed by atoms with Crippen molar-refractivity contribution in [2.45, 2.75) is 55.4 Å². The highest BCUT2D eigenvalue weighted by atomic mass is 35.5. The molecule has 0 aromatic heterocycles. The van der Waals surface area contributed by atoms with Crippen LogP contribution >= 0.6 is 12.4 Å². The van der Waals surface area contributed by atoms with Crippen molar-refractivity contribution in [2.75, 3.05) is 19.6 Å². The van der Waals surface area contributed by atoms with Gasteiger partial charge in [-0.25, -0.2) is 8.42 Å². The summed E-state index contributed by atoms with van der Waals surface area (Å²) in [5.74, 6) is 0.255. The number of carbonyl (C=O) groups excluding carboxylic acids is 1. The molecular formula is C19H30ClN3O3S. The van der Waals surface area contributed by atoms with Gasteiger partial charge >= 0.3 is 0 Å². The molecule has 1 aromatic carbocycles. The highest BCUT2D eigenvalue weighted by Gasteiger charge is 2.36. The van der Waals surface area contributed by atoms with Crippen LogP contribution in [0, 0.1) is 5.92 Å². The summed E-state index contributed by atoms with van der Waals surface area (Å²) in [4.78, 5) is 12.8. The van der Waals surface area contributed by atoms with E-state index in [1.807, 2.05) is 6.07 Å². The molecule has 0 unspecified atom stereocenters. The number of sulfonamides is 1. The van der Waals surface area contributed by atoms with E-state index >= 15 is 0 Å². The van der Waals surface area contributed by atoms with Gasteiger partial charge in [-0.15, -0.1) is 12.4 Å². The quantitative estimate of drug-likeness (QED) is 0.771. The maximum absolute atomic E-state index is 12.6. The van der Waals surface area contributed by atoms with Crippen molar-refractivity contribution in [2.24, 2.45) is 11.7 Å². The van der Waals surface area contributed by atoms with Gasteiger partial charge in [0.05, 0.1) is 10.4 Å². The van der Waals surface area contributed by atoms with Crippen LogP contribution in [0.25, 0.3) is 0 Å². The van der Waals surface area contributed by atoms with Gasteiger partial charge < -0.3 is 11.1 Å². The van der Waals surface area contributed by atoms with Crippen LogP contribution in [-0.2, 0) is 14.8 Å². The number of nitrogens with one attached hydrogen (secondary N) is 1. The molecule has 1 aromatic rings. The van der Waals surface area contributed by atoms with Gasteiger partial charge in [-0.05, 0) is 43.7 Å². The maximum atomic E-state index is 12.6. The summed E-state index contributed by atoms with van der Waals surface area (Å²) in [6.07, 6.45) is 6.20. The molecule has 1 amide bonds. The zero-order valence-corrected chi connectivity index (χ0v) is 17.2. The fourth-order valence-corrected chi connectivity index (χ4v) is 5.41. The molecule has 1 aliphatic heterocycles. The second kappa shape index (κ2) is 9.37. The second-order valence-corrected chi connectivity index (χ2v) is 9.53. The second-order valence-electron chi connectivity index (χ2n) is 7.59. The van der Waals surface area contributed by atoms with Crippen LogP contribution in [-0.4, -0.2) is 43.8 Å². The van der Waals surface area contributed by atoms with Crippen LogP contribution in [0.5, 0.6) is 0 Å². The topological polar surface area (TPSA) is 92.5 Å². The van der Waals surface area contributed by atoms with Crippen molar-refractivity contribution in [3.8, 4) is 0 Å². The molecular weight excluding hydrogens is 386 g/mol. The number of nitrogens with zero attached hydrogens (tertiary/aromatic N) is 1. The molecule has 0 spiro atoms. The molecule has 152 valence electrons. The molecule has 3 N–H and O–H groups in total. The Balaban J connectivity index is 0.00000261. The van der Waals surface area contributed by atoms with Gasteiger partial charge in [0.1, 0.15) is 0 Å². The summed E-state index contributed by atoms with van der Waals surface area (Å²) in [5.41, 5.74) is 5.55. The molecule has 0 bridgehead atoms. The lowest BCUT2D eigenvalue weighted by atomic mass is 9.82. The predicted octanol–water partition coefficient (Wildman–Crippen LogP) is 2.29. The Morgan fingerprint density at radius 3 is 2.30 bits per heavy atom. The predicted molar refractivity (Wildman–Crippen MR) is 108 cm³/mol. The van der Waals surface area contributed by atoms with Crippen LogP contribution < -0.4 is 11.1 Å². The number of hydrogen-bond acceptors (Lipinski definition) is 4. The fraction of sp³-hybridized carbons (Fsp3) is 0.632. The van der Waals surface area contributed by atoms with Crippen LogP contribution in [0.4, 0.5) is 0 Å². The van der Waals surface area contributed by atoms with Gasteiger partial charge in [0.25, 0.3) is 0 Å². The molecule has 0 atom stereocenters. The maximum Gasteiger partial charge on any atom is 0.243 e. The lowest BCUT2D eigenvalue weighted by Crippen LogP contribution is -2.56. The molecule has 1 heterocycles. The minimum atomic E-state index is -3.42. The van der Waals surface area contributed by atoms with E-state index in [1.54, 1.807) is 28.6 Å². The Morgan fingerprint density at radius 1 is 1.11 bits per heavy atom. The van der Waals surface area contributed by atoms with Crippen molar-refractivity contribution in [3.05, 3.63) is 30.3 Å². The zero-order valence-electron chi connectivity index (χ0n) is 15.6. The van der Waals surface area contributed by atoms with E-state index in [9.17, 15) is 13.2 Å². The van der Waals surface area contributed by atoms with E-state index in [1.165, 1.54) is 0 Å². The Kier molecular flexibility index (Phi) is 7.68. The molecule has 2 fully saturated rings. The normalized spacial score (nSPS) is 21.2. The first kappa shape index (κ1) is 22.1. The van der Waals surface area contributed by atoms with Gasteiger partial charge in [-0.3, -0.25) is 4.79 Å². The van der Waals surface area contributed by atoms with Crippen LogP contribution in [0.2, 0.25) is 0 Å². The molecule has 0 radical (unpaired) electrons. The Morgan fingerprint density at radius 2 is 1.70 bits per heavy atom. The van der Waals surface area contributed by atoms with Crippen molar-refractivity contribution in [3.63, 3.8) is 0 Å². The first-order chi connectivity index (χ1) is 12.4. The van der Waals surface area contributed by atoms with Crippen LogP contribution in [0.1, 0.15) is 44.9 Å². The van der Waals surface area contributed by atoms with E-state index < -0.39 is 15.6 Å². The van der Waals surface area contributed by atoms with Crippen molar-refractivity contribution >= 4 is 28.3 Å². The van der Waals surface area contributed by atoms with Gasteiger partial charge in [-0.2, -0.15) is 4.31 Å². The molecule has 1 aliphatic carbocycles. The average molecular weight is 416 g/mol. The minimum Gasteiger partial charge on any atom is -0.354 e. The van der Waals surface area contributed by atoms with Gasteiger partial charge in [0.2, 0.25) is 15.9 Å². The lowest BCUT2D eigenvalue weighted by molar-refractivity contribution is -0.127. The number of rotatable bonds is 5. The summed E-state index contributed by atoms with van der Waals surface area (Å²) in [6.45, 7) is 1.56. The number of carbonyl (C=O) groups is 1.